The van der Waals surface area contributed by atoms with Crippen LogP contribution >= 0.6 is 0 Å². The standard InChI is InChI=1S/C33H55FN2O6S/c1-4-5-6-7-8-9-10-11-14-17-24-39-26-33-31(41-32(2,3)42-33)30(29(40-33)25-36-22-15-12-13-16-23-36)35-43(37,38)28-20-18-27(34)19-21-28/h18-21,29-31,35H,4-17,22-26H2,1-3H3/t29-,30+,31-,33-/m0/s1. The Balaban J connectivity index is 1.38. The molecule has 3 aliphatic rings. The summed E-state index contributed by atoms with van der Waals surface area (Å²) >= 11 is 0. The Bertz CT molecular complexity index is 1060. The van der Waals surface area contributed by atoms with Crippen LogP contribution in [0, 0.1) is 5.82 Å². The molecule has 10 heteroatoms. The van der Waals surface area contributed by atoms with E-state index in [0.717, 1.165) is 50.9 Å². The number of fused-ring (bicyclic) bond motifs is 1. The predicted octanol–water partition coefficient (Wildman–Crippen LogP) is 6.53. The van der Waals surface area contributed by atoms with Gasteiger partial charge in [-0.2, -0.15) is 0 Å². The maximum atomic E-state index is 13.6. The molecule has 43 heavy (non-hydrogen) atoms. The van der Waals surface area contributed by atoms with Crippen LogP contribution in [-0.2, 0) is 29.0 Å². The van der Waals surface area contributed by atoms with Gasteiger partial charge in [-0.25, -0.2) is 17.5 Å². The molecule has 0 spiro atoms. The number of sulfonamides is 1. The zero-order valence-corrected chi connectivity index (χ0v) is 27.5. The highest BCUT2D eigenvalue weighted by molar-refractivity contribution is 7.89. The van der Waals surface area contributed by atoms with Crippen LogP contribution < -0.4 is 4.72 Å². The lowest BCUT2D eigenvalue weighted by Gasteiger charge is -2.31. The highest BCUT2D eigenvalue weighted by Gasteiger charge is 2.65. The van der Waals surface area contributed by atoms with E-state index < -0.39 is 45.7 Å². The van der Waals surface area contributed by atoms with Crippen molar-refractivity contribution in [3.8, 4) is 0 Å². The van der Waals surface area contributed by atoms with Gasteiger partial charge in [0.2, 0.25) is 15.8 Å². The maximum Gasteiger partial charge on any atom is 0.241 e. The number of nitrogens with one attached hydrogen (secondary N) is 1. The molecule has 0 saturated carbocycles. The van der Waals surface area contributed by atoms with E-state index in [2.05, 4.69) is 16.5 Å². The van der Waals surface area contributed by atoms with Gasteiger partial charge in [0.05, 0.1) is 17.0 Å². The Morgan fingerprint density at radius 1 is 0.907 bits per heavy atom. The van der Waals surface area contributed by atoms with E-state index in [1.807, 2.05) is 13.8 Å². The summed E-state index contributed by atoms with van der Waals surface area (Å²) in [6.07, 6.45) is 15.9. The van der Waals surface area contributed by atoms with Crippen molar-refractivity contribution in [3.63, 3.8) is 0 Å². The van der Waals surface area contributed by atoms with Gasteiger partial charge in [-0.05, 0) is 70.5 Å². The molecule has 0 amide bonds. The summed E-state index contributed by atoms with van der Waals surface area (Å²) in [6, 6.07) is 4.14. The molecule has 246 valence electrons. The van der Waals surface area contributed by atoms with Crippen LogP contribution in [0.5, 0.6) is 0 Å². The van der Waals surface area contributed by atoms with E-state index in [4.69, 9.17) is 18.9 Å². The number of benzene rings is 1. The second kappa shape index (κ2) is 16.4. The highest BCUT2D eigenvalue weighted by atomic mass is 32.2. The van der Waals surface area contributed by atoms with Crippen LogP contribution in [0.15, 0.2) is 29.2 Å². The second-order valence-corrected chi connectivity index (χ2v) is 14.8. The van der Waals surface area contributed by atoms with E-state index in [1.165, 1.54) is 76.3 Å². The Hall–Kier alpha value is -1.14. The van der Waals surface area contributed by atoms with Crippen LogP contribution in [0.3, 0.4) is 0 Å². The molecule has 0 bridgehead atoms. The number of ether oxygens (including phenoxy) is 4. The number of rotatable bonds is 18. The van der Waals surface area contributed by atoms with Crippen LogP contribution in [0.4, 0.5) is 4.39 Å². The number of nitrogens with zero attached hydrogens (tertiary/aromatic N) is 1. The smallest absolute Gasteiger partial charge is 0.241 e. The Kier molecular flexibility index (Phi) is 13.3. The first-order chi connectivity index (χ1) is 20.6. The third-order valence-electron chi connectivity index (χ3n) is 8.84. The summed E-state index contributed by atoms with van der Waals surface area (Å²) in [6.45, 7) is 9.06. The van der Waals surface area contributed by atoms with Crippen molar-refractivity contribution in [3.05, 3.63) is 30.1 Å². The van der Waals surface area contributed by atoms with E-state index in [1.54, 1.807) is 0 Å². The monoisotopic (exact) mass is 626 g/mol. The maximum absolute atomic E-state index is 13.6. The number of likely N-dealkylation sites (tertiary alicyclic amines) is 1. The van der Waals surface area contributed by atoms with Gasteiger partial charge in [0.1, 0.15) is 18.5 Å². The van der Waals surface area contributed by atoms with Gasteiger partial charge < -0.3 is 23.8 Å². The quantitative estimate of drug-likeness (QED) is 0.185. The largest absolute Gasteiger partial charge is 0.376 e. The number of hydrogen-bond donors (Lipinski definition) is 1. The Morgan fingerprint density at radius 2 is 1.51 bits per heavy atom. The normalized spacial score (nSPS) is 27.8. The molecule has 3 saturated heterocycles. The number of unbranched alkanes of at least 4 members (excludes halogenated alkanes) is 9. The molecule has 0 unspecified atom stereocenters. The molecule has 1 aromatic rings. The average molecular weight is 627 g/mol. The van der Waals surface area contributed by atoms with Gasteiger partial charge in [0.15, 0.2) is 5.79 Å². The van der Waals surface area contributed by atoms with Gasteiger partial charge >= 0.3 is 0 Å². The summed E-state index contributed by atoms with van der Waals surface area (Å²) < 4.78 is 69.0. The molecule has 3 aliphatic heterocycles. The summed E-state index contributed by atoms with van der Waals surface area (Å²) in [7, 11) is -3.98. The highest BCUT2D eigenvalue weighted by Crippen LogP contribution is 2.46. The lowest BCUT2D eigenvalue weighted by Crippen LogP contribution is -2.52. The molecule has 8 nitrogen and oxygen atoms in total. The van der Waals surface area contributed by atoms with Crippen molar-refractivity contribution in [2.75, 3.05) is 32.8 Å². The zero-order valence-electron chi connectivity index (χ0n) is 26.7. The van der Waals surface area contributed by atoms with Crippen molar-refractivity contribution < 1.29 is 31.8 Å². The number of halogens is 1. The van der Waals surface area contributed by atoms with Crippen LogP contribution in [0.2, 0.25) is 0 Å². The van der Waals surface area contributed by atoms with Crippen molar-refractivity contribution >= 4 is 10.0 Å². The van der Waals surface area contributed by atoms with Crippen molar-refractivity contribution in [1.29, 1.82) is 0 Å². The molecule has 1 aromatic carbocycles. The molecule has 0 aliphatic carbocycles. The first-order valence-electron chi connectivity index (χ1n) is 16.8. The summed E-state index contributed by atoms with van der Waals surface area (Å²) in [4.78, 5) is 2.34. The molecule has 3 heterocycles. The third kappa shape index (κ3) is 10.2. The van der Waals surface area contributed by atoms with Gasteiger partial charge in [0.25, 0.3) is 0 Å². The lowest BCUT2D eigenvalue weighted by atomic mass is 10.0. The van der Waals surface area contributed by atoms with Crippen LogP contribution in [0.1, 0.15) is 111 Å². The Morgan fingerprint density at radius 3 is 2.14 bits per heavy atom. The summed E-state index contributed by atoms with van der Waals surface area (Å²) in [5.74, 6) is -2.69. The molecule has 4 atom stereocenters. The van der Waals surface area contributed by atoms with Crippen molar-refractivity contribution in [2.24, 2.45) is 0 Å². The molecule has 4 rings (SSSR count). The minimum absolute atomic E-state index is 0.00435. The van der Waals surface area contributed by atoms with Gasteiger partial charge in [-0.3, -0.25) is 0 Å². The molecule has 1 N–H and O–H groups in total. The van der Waals surface area contributed by atoms with E-state index in [9.17, 15) is 12.8 Å². The first-order valence-corrected chi connectivity index (χ1v) is 18.3. The minimum Gasteiger partial charge on any atom is -0.376 e. The van der Waals surface area contributed by atoms with Crippen molar-refractivity contribution in [1.82, 2.24) is 9.62 Å². The fourth-order valence-electron chi connectivity index (χ4n) is 6.63. The fraction of sp³-hybridized carbons (Fsp3) is 0.818. The third-order valence-corrected chi connectivity index (χ3v) is 10.3. The van der Waals surface area contributed by atoms with Gasteiger partial charge in [-0.1, -0.05) is 77.6 Å². The summed E-state index contributed by atoms with van der Waals surface area (Å²) in [5, 5.41) is 0. The lowest BCUT2D eigenvalue weighted by molar-refractivity contribution is -0.277. The van der Waals surface area contributed by atoms with Gasteiger partial charge in [0, 0.05) is 13.2 Å². The molecular formula is C33H55FN2O6S. The minimum atomic E-state index is -3.98. The topological polar surface area (TPSA) is 86.3 Å². The van der Waals surface area contributed by atoms with E-state index in [0.29, 0.717) is 13.2 Å². The van der Waals surface area contributed by atoms with Crippen molar-refractivity contribution in [2.45, 2.75) is 145 Å². The first kappa shape index (κ1) is 34.7. The zero-order chi connectivity index (χ0) is 30.8. The van der Waals surface area contributed by atoms with Gasteiger partial charge in [-0.15, -0.1) is 0 Å². The molecule has 0 aromatic heterocycles. The summed E-state index contributed by atoms with van der Waals surface area (Å²) in [5.41, 5.74) is 0. The van der Waals surface area contributed by atoms with E-state index >= 15 is 0 Å². The molecule has 0 radical (unpaired) electrons. The second-order valence-electron chi connectivity index (χ2n) is 13.1. The average Bonchev–Trinajstić information content (AvgIpc) is 3.20. The Labute approximate surface area is 259 Å². The van der Waals surface area contributed by atoms with E-state index in [-0.39, 0.29) is 11.5 Å². The predicted molar refractivity (Wildman–Crippen MR) is 166 cm³/mol. The van der Waals surface area contributed by atoms with Crippen LogP contribution in [-0.4, -0.2) is 76.0 Å². The molecule has 3 fully saturated rings. The number of hydrogen-bond acceptors (Lipinski definition) is 7. The SMILES string of the molecule is CCCCCCCCCCCCOC[C@@]12O[C@@H](CN3CCCCCC3)[C@@H](NS(=O)(=O)c3ccc(F)cc3)[C@@H]1OC(C)(C)O2. The van der Waals surface area contributed by atoms with Crippen LogP contribution in [0.25, 0.3) is 0 Å². The molecular weight excluding hydrogens is 571 g/mol. The fourth-order valence-corrected chi connectivity index (χ4v) is 7.89.